The normalized spacial score (nSPS) is 13.1. The molecule has 0 amide bonds. The molecule has 0 rings (SSSR count). The fourth-order valence-corrected chi connectivity index (χ4v) is 46.9. The Kier molecular flexibility index (Phi) is 25.4. The summed E-state index contributed by atoms with van der Waals surface area (Å²) in [5, 5.41) is 0. The zero-order chi connectivity index (χ0) is 30.2. The second kappa shape index (κ2) is 25.0. The van der Waals surface area contributed by atoms with Crippen molar-refractivity contribution in [1.29, 1.82) is 0 Å². The number of hydrogen-bond acceptors (Lipinski definition) is 0. The largest absolute Gasteiger partial charge is 0.0654 e. The van der Waals surface area contributed by atoms with Gasteiger partial charge < -0.3 is 0 Å². The van der Waals surface area contributed by atoms with Crippen molar-refractivity contribution < 1.29 is 0 Å². The maximum atomic E-state index is 2.51. The summed E-state index contributed by atoms with van der Waals surface area (Å²) in [6, 6.07) is 15.4. The summed E-state index contributed by atoms with van der Waals surface area (Å²) in [6.45, 7) is 22.6. The Bertz CT molecular complexity index is 404. The maximum Gasteiger partial charge on any atom is 0.0514 e. The van der Waals surface area contributed by atoms with Crippen molar-refractivity contribution >= 4 is 24.2 Å². The van der Waals surface area contributed by atoms with Crippen molar-refractivity contribution in [3.05, 3.63) is 0 Å². The standard InChI is InChI=1S/C37H82Si3/c1-10-19-28-38(29-20-11-2,30-21-12-3)37(39(31-22-13-4,32-23-14-5)33-24-15-6)40(34-25-16-7,35-26-17-8)36-27-18-9/h37H,10-36H2,1-9H3. The third kappa shape index (κ3) is 13.5. The van der Waals surface area contributed by atoms with E-state index in [1.165, 1.54) is 62.6 Å². The molecule has 0 heterocycles. The molecule has 0 aromatic carbocycles. The topological polar surface area (TPSA) is 0 Å². The molecule has 40 heavy (non-hydrogen) atoms. The summed E-state index contributed by atoms with van der Waals surface area (Å²) in [7, 11) is -4.31. The highest BCUT2D eigenvalue weighted by molar-refractivity contribution is 7.15. The summed E-state index contributed by atoms with van der Waals surface area (Å²) in [4.78, 5) is 1.33. The molecule has 0 N–H and O–H groups in total. The van der Waals surface area contributed by atoms with Gasteiger partial charge in [0.1, 0.15) is 0 Å². The molecule has 0 aliphatic carbocycles. The molecule has 3 heteroatoms. The van der Waals surface area contributed by atoms with Crippen LogP contribution < -0.4 is 0 Å². The van der Waals surface area contributed by atoms with Crippen LogP contribution in [-0.2, 0) is 0 Å². The molecule has 0 bridgehead atoms. The quantitative estimate of drug-likeness (QED) is 0.0709. The number of unbranched alkanes of at least 4 members (excludes halogenated alkanes) is 9. The van der Waals surface area contributed by atoms with Gasteiger partial charge in [-0.3, -0.25) is 0 Å². The summed E-state index contributed by atoms with van der Waals surface area (Å²) in [6.07, 6.45) is 26.8. The minimum absolute atomic E-state index is 1.33. The molecule has 0 saturated heterocycles. The first kappa shape index (κ1) is 40.7. The lowest BCUT2D eigenvalue weighted by molar-refractivity contribution is 0.744. The summed E-state index contributed by atoms with van der Waals surface area (Å²) in [5.41, 5.74) is 0. The van der Waals surface area contributed by atoms with Crippen molar-refractivity contribution in [3.8, 4) is 0 Å². The average Bonchev–Trinajstić information content (AvgIpc) is 2.98. The van der Waals surface area contributed by atoms with Gasteiger partial charge in [0.15, 0.2) is 0 Å². The first-order valence-corrected chi connectivity index (χ1v) is 27.5. The van der Waals surface area contributed by atoms with Crippen molar-refractivity contribution in [2.75, 3.05) is 0 Å². The van der Waals surface area contributed by atoms with Crippen LogP contribution >= 0.6 is 0 Å². The molecule has 242 valence electrons. The SMILES string of the molecule is CCCC[Si](CCCC)(CCCC)C([Si](CCCC)(CCCC)CCCC)[Si](CCCC)(CCCC)CCCC. The van der Waals surface area contributed by atoms with Gasteiger partial charge in [-0.05, 0) is 0 Å². The first-order valence-electron chi connectivity index (χ1n) is 19.4. The predicted octanol–water partition coefficient (Wildman–Crippen LogP) is 15.0. The molecule has 0 unspecified atom stereocenters. The highest BCUT2D eigenvalue weighted by Crippen LogP contribution is 2.57. The highest BCUT2D eigenvalue weighted by atomic mass is 28.5. The van der Waals surface area contributed by atoms with Gasteiger partial charge in [-0.1, -0.05) is 237 Å². The fourth-order valence-electron chi connectivity index (χ4n) is 9.13. The second-order valence-corrected chi connectivity index (χ2v) is 30.6. The Morgan fingerprint density at radius 2 is 0.375 bits per heavy atom. The van der Waals surface area contributed by atoms with E-state index in [0.717, 1.165) is 0 Å². The van der Waals surface area contributed by atoms with Gasteiger partial charge in [0.05, 0.1) is 24.2 Å². The Morgan fingerprint density at radius 3 is 0.475 bits per heavy atom. The van der Waals surface area contributed by atoms with Crippen LogP contribution in [0.15, 0.2) is 0 Å². The Labute approximate surface area is 260 Å². The van der Waals surface area contributed by atoms with Gasteiger partial charge in [0, 0.05) is 0 Å². The molecule has 0 aliphatic heterocycles. The lowest BCUT2D eigenvalue weighted by Crippen LogP contribution is -2.65. The van der Waals surface area contributed by atoms with Crippen molar-refractivity contribution in [1.82, 2.24) is 0 Å². The maximum absolute atomic E-state index is 2.51. The van der Waals surface area contributed by atoms with E-state index in [-0.39, 0.29) is 0 Å². The fraction of sp³-hybridized carbons (Fsp3) is 1.00. The number of rotatable bonds is 30. The van der Waals surface area contributed by atoms with Crippen LogP contribution in [-0.4, -0.2) is 24.2 Å². The summed E-state index contributed by atoms with van der Waals surface area (Å²) in [5.74, 6) is 0. The highest BCUT2D eigenvalue weighted by Gasteiger charge is 2.59. The molecule has 0 aromatic rings. The zero-order valence-electron chi connectivity index (χ0n) is 30.2. The third-order valence-corrected chi connectivity index (χ3v) is 37.9. The van der Waals surface area contributed by atoms with E-state index in [1.807, 2.05) is 0 Å². The van der Waals surface area contributed by atoms with Crippen LogP contribution in [0.2, 0.25) is 59.2 Å². The summed E-state index contributed by atoms with van der Waals surface area (Å²) >= 11 is 0. The molecular weight excluding hydrogens is 529 g/mol. The van der Waals surface area contributed by atoms with E-state index in [9.17, 15) is 0 Å². The Balaban J connectivity index is 7.80. The van der Waals surface area contributed by atoms with Crippen LogP contribution in [0.5, 0.6) is 0 Å². The average molecular weight is 611 g/mol. The minimum atomic E-state index is -1.44. The molecule has 0 fully saturated rings. The predicted molar refractivity (Wildman–Crippen MR) is 198 cm³/mol. The van der Waals surface area contributed by atoms with Crippen molar-refractivity contribution in [2.45, 2.75) is 237 Å². The monoisotopic (exact) mass is 611 g/mol. The van der Waals surface area contributed by atoms with E-state index >= 15 is 0 Å². The van der Waals surface area contributed by atoms with Gasteiger partial charge >= 0.3 is 0 Å². The molecule has 0 nitrogen and oxygen atoms in total. The smallest absolute Gasteiger partial charge is 0.0514 e. The molecule has 0 atom stereocenters. The number of hydrogen-bond donors (Lipinski definition) is 0. The first-order chi connectivity index (χ1) is 19.4. The van der Waals surface area contributed by atoms with Gasteiger partial charge in [0.2, 0.25) is 0 Å². The lowest BCUT2D eigenvalue weighted by Gasteiger charge is -2.59. The minimum Gasteiger partial charge on any atom is -0.0654 e. The van der Waals surface area contributed by atoms with Crippen molar-refractivity contribution in [2.24, 2.45) is 0 Å². The van der Waals surface area contributed by atoms with Crippen LogP contribution in [0.4, 0.5) is 0 Å². The van der Waals surface area contributed by atoms with Crippen LogP contribution in [0.1, 0.15) is 178 Å². The molecule has 0 saturated carbocycles. The van der Waals surface area contributed by atoms with Crippen LogP contribution in [0, 0.1) is 0 Å². The van der Waals surface area contributed by atoms with E-state index in [1.54, 1.807) is 112 Å². The van der Waals surface area contributed by atoms with Crippen LogP contribution in [0.3, 0.4) is 0 Å². The van der Waals surface area contributed by atoms with Gasteiger partial charge in [0.25, 0.3) is 0 Å². The van der Waals surface area contributed by atoms with E-state index in [2.05, 4.69) is 62.3 Å². The van der Waals surface area contributed by atoms with Gasteiger partial charge in [-0.15, -0.1) is 0 Å². The summed E-state index contributed by atoms with van der Waals surface area (Å²) < 4.78 is 0. The Morgan fingerprint density at radius 1 is 0.250 bits per heavy atom. The molecule has 0 aliphatic rings. The molecule has 0 aromatic heterocycles. The molecular formula is C37H82Si3. The molecule has 0 spiro atoms. The van der Waals surface area contributed by atoms with Gasteiger partial charge in [-0.25, -0.2) is 0 Å². The van der Waals surface area contributed by atoms with Gasteiger partial charge in [-0.2, -0.15) is 0 Å². The molecule has 0 radical (unpaired) electrons. The van der Waals surface area contributed by atoms with E-state index < -0.39 is 24.2 Å². The second-order valence-electron chi connectivity index (χ2n) is 14.5. The Hall–Kier alpha value is 0.651. The van der Waals surface area contributed by atoms with Crippen LogP contribution in [0.25, 0.3) is 0 Å². The lowest BCUT2D eigenvalue weighted by atomic mass is 10.4. The zero-order valence-corrected chi connectivity index (χ0v) is 33.2. The van der Waals surface area contributed by atoms with Crippen molar-refractivity contribution in [3.63, 3.8) is 0 Å². The third-order valence-electron chi connectivity index (χ3n) is 11.1. The van der Waals surface area contributed by atoms with E-state index in [0.29, 0.717) is 0 Å². The van der Waals surface area contributed by atoms with E-state index in [4.69, 9.17) is 0 Å².